The lowest BCUT2D eigenvalue weighted by Crippen LogP contribution is -2.59. The van der Waals surface area contributed by atoms with Gasteiger partial charge in [0.05, 0.1) is 18.2 Å². The molecule has 1 aliphatic heterocycles. The number of hydrogen-bond acceptors (Lipinski definition) is 4. The molecule has 4 nitrogen and oxygen atoms in total. The number of rotatable bonds is 5. The van der Waals surface area contributed by atoms with Gasteiger partial charge in [0.15, 0.2) is 0 Å². The Morgan fingerprint density at radius 2 is 2.30 bits per heavy atom. The van der Waals surface area contributed by atoms with Crippen LogP contribution in [0.1, 0.15) is 30.4 Å². The highest BCUT2D eigenvalue weighted by molar-refractivity contribution is 6.30. The summed E-state index contributed by atoms with van der Waals surface area (Å²) in [5.74, 6) is 6.76. The Bertz CT molecular complexity index is 497. The van der Waals surface area contributed by atoms with Crippen molar-refractivity contribution in [2.45, 2.75) is 43.7 Å². The third-order valence-electron chi connectivity index (χ3n) is 4.69. The normalized spacial score (nSPS) is 20.9. The van der Waals surface area contributed by atoms with Crippen molar-refractivity contribution < 1.29 is 9.47 Å². The molecule has 1 aromatic rings. The molecule has 0 radical (unpaired) electrons. The van der Waals surface area contributed by atoms with Crippen LogP contribution in [0.3, 0.4) is 0 Å². The van der Waals surface area contributed by atoms with Gasteiger partial charge in [-0.05, 0) is 48.9 Å². The predicted octanol–water partition coefficient (Wildman–Crippen LogP) is 2.22. The fraction of sp³-hybridized carbons (Fsp3) is 0.600. The van der Waals surface area contributed by atoms with Crippen molar-refractivity contribution in [1.82, 2.24) is 5.43 Å². The zero-order valence-electron chi connectivity index (χ0n) is 11.7. The second-order valence-electron chi connectivity index (χ2n) is 5.70. The Kier molecular flexibility index (Phi) is 3.91. The molecular formula is C15H21ClN2O2. The van der Waals surface area contributed by atoms with E-state index >= 15 is 0 Å². The van der Waals surface area contributed by atoms with Gasteiger partial charge in [0, 0.05) is 18.6 Å². The number of hydrazine groups is 1. The van der Waals surface area contributed by atoms with Crippen molar-refractivity contribution in [3.63, 3.8) is 0 Å². The monoisotopic (exact) mass is 296 g/mol. The molecule has 110 valence electrons. The summed E-state index contributed by atoms with van der Waals surface area (Å²) < 4.78 is 11.5. The first-order chi connectivity index (χ1) is 9.68. The van der Waals surface area contributed by atoms with E-state index in [2.05, 4.69) is 5.43 Å². The maximum atomic E-state index is 6.21. The van der Waals surface area contributed by atoms with E-state index in [1.807, 2.05) is 12.1 Å². The van der Waals surface area contributed by atoms with E-state index in [4.69, 9.17) is 26.9 Å². The van der Waals surface area contributed by atoms with Crippen LogP contribution in [0.15, 0.2) is 12.1 Å². The Balaban J connectivity index is 1.86. The molecule has 5 heteroatoms. The van der Waals surface area contributed by atoms with Gasteiger partial charge in [0.1, 0.15) is 5.75 Å². The molecule has 1 aromatic carbocycles. The SMILES string of the molecule is COC1(C(Cc2cc(Cl)cc3c2OCC3)NN)CCC1. The van der Waals surface area contributed by atoms with Crippen LogP contribution in [0.5, 0.6) is 5.75 Å². The van der Waals surface area contributed by atoms with Crippen molar-refractivity contribution in [2.75, 3.05) is 13.7 Å². The number of fused-ring (bicyclic) bond motifs is 1. The van der Waals surface area contributed by atoms with E-state index in [1.165, 1.54) is 12.0 Å². The van der Waals surface area contributed by atoms with Gasteiger partial charge in [-0.1, -0.05) is 11.6 Å². The van der Waals surface area contributed by atoms with Crippen molar-refractivity contribution in [3.8, 4) is 5.75 Å². The van der Waals surface area contributed by atoms with Gasteiger partial charge in [-0.3, -0.25) is 11.3 Å². The molecule has 0 spiro atoms. The lowest BCUT2D eigenvalue weighted by Gasteiger charge is -2.46. The van der Waals surface area contributed by atoms with Gasteiger partial charge in [-0.25, -0.2) is 0 Å². The third-order valence-corrected chi connectivity index (χ3v) is 4.91. The van der Waals surface area contributed by atoms with Crippen LogP contribution >= 0.6 is 11.6 Å². The summed E-state index contributed by atoms with van der Waals surface area (Å²) in [7, 11) is 1.77. The molecule has 0 amide bonds. The first kappa shape index (κ1) is 14.1. The molecule has 20 heavy (non-hydrogen) atoms. The smallest absolute Gasteiger partial charge is 0.125 e. The Morgan fingerprint density at radius 3 is 2.90 bits per heavy atom. The molecule has 1 fully saturated rings. The van der Waals surface area contributed by atoms with Crippen LogP contribution < -0.4 is 16.0 Å². The number of halogens is 1. The van der Waals surface area contributed by atoms with Gasteiger partial charge in [0.2, 0.25) is 0 Å². The second-order valence-corrected chi connectivity index (χ2v) is 6.13. The van der Waals surface area contributed by atoms with Gasteiger partial charge < -0.3 is 9.47 Å². The van der Waals surface area contributed by atoms with E-state index in [-0.39, 0.29) is 11.6 Å². The summed E-state index contributed by atoms with van der Waals surface area (Å²) in [5.41, 5.74) is 5.10. The first-order valence-corrected chi connectivity index (χ1v) is 7.52. The summed E-state index contributed by atoms with van der Waals surface area (Å²) in [5, 5.41) is 0.764. The highest BCUT2D eigenvalue weighted by Crippen LogP contribution is 2.41. The highest BCUT2D eigenvalue weighted by atomic mass is 35.5. The van der Waals surface area contributed by atoms with Gasteiger partial charge in [-0.15, -0.1) is 0 Å². The largest absolute Gasteiger partial charge is 0.493 e. The molecule has 2 aliphatic rings. The molecule has 1 aliphatic carbocycles. The average Bonchev–Trinajstić information content (AvgIpc) is 2.84. The molecule has 3 rings (SSSR count). The van der Waals surface area contributed by atoms with Crippen molar-refractivity contribution in [2.24, 2.45) is 5.84 Å². The predicted molar refractivity (Wildman–Crippen MR) is 79.1 cm³/mol. The van der Waals surface area contributed by atoms with E-state index in [9.17, 15) is 0 Å². The minimum atomic E-state index is -0.150. The number of nitrogens with two attached hydrogens (primary N) is 1. The fourth-order valence-corrected chi connectivity index (χ4v) is 3.60. The number of methoxy groups -OCH3 is 1. The summed E-state index contributed by atoms with van der Waals surface area (Å²) in [4.78, 5) is 0. The van der Waals surface area contributed by atoms with Crippen LogP contribution in [-0.2, 0) is 17.6 Å². The number of benzene rings is 1. The van der Waals surface area contributed by atoms with Gasteiger partial charge in [0.25, 0.3) is 0 Å². The summed E-state index contributed by atoms with van der Waals surface area (Å²) in [6.45, 7) is 0.735. The highest BCUT2D eigenvalue weighted by Gasteiger charge is 2.44. The van der Waals surface area contributed by atoms with Crippen molar-refractivity contribution in [1.29, 1.82) is 0 Å². The first-order valence-electron chi connectivity index (χ1n) is 7.14. The minimum Gasteiger partial charge on any atom is -0.493 e. The van der Waals surface area contributed by atoms with Crippen LogP contribution in [0.25, 0.3) is 0 Å². The fourth-order valence-electron chi connectivity index (χ4n) is 3.33. The molecule has 1 heterocycles. The van der Waals surface area contributed by atoms with E-state index < -0.39 is 0 Å². The van der Waals surface area contributed by atoms with Crippen LogP contribution in [0, 0.1) is 0 Å². The van der Waals surface area contributed by atoms with Crippen molar-refractivity contribution >= 4 is 11.6 Å². The molecule has 3 N–H and O–H groups in total. The molecule has 1 unspecified atom stereocenters. The van der Waals surface area contributed by atoms with Crippen LogP contribution in [-0.4, -0.2) is 25.4 Å². The Morgan fingerprint density at radius 1 is 1.50 bits per heavy atom. The minimum absolute atomic E-state index is 0.0769. The zero-order valence-corrected chi connectivity index (χ0v) is 12.5. The number of hydrogen-bond donors (Lipinski definition) is 2. The summed E-state index contributed by atoms with van der Waals surface area (Å²) in [6, 6.07) is 4.05. The quantitative estimate of drug-likeness (QED) is 0.646. The zero-order chi connectivity index (χ0) is 14.2. The lowest BCUT2D eigenvalue weighted by molar-refractivity contribution is -0.0982. The summed E-state index contributed by atoms with van der Waals surface area (Å²) >= 11 is 6.21. The van der Waals surface area contributed by atoms with Gasteiger partial charge in [-0.2, -0.15) is 0 Å². The molecule has 1 atom stereocenters. The lowest BCUT2D eigenvalue weighted by atomic mass is 9.72. The van der Waals surface area contributed by atoms with Crippen LogP contribution in [0.4, 0.5) is 0 Å². The number of nitrogens with one attached hydrogen (secondary N) is 1. The Hall–Kier alpha value is -0.810. The maximum absolute atomic E-state index is 6.21. The van der Waals surface area contributed by atoms with E-state index in [0.717, 1.165) is 48.6 Å². The van der Waals surface area contributed by atoms with Gasteiger partial charge >= 0.3 is 0 Å². The second kappa shape index (κ2) is 5.53. The summed E-state index contributed by atoms with van der Waals surface area (Å²) in [6.07, 6.45) is 4.98. The molecule has 0 saturated heterocycles. The average molecular weight is 297 g/mol. The van der Waals surface area contributed by atoms with Crippen LogP contribution in [0.2, 0.25) is 5.02 Å². The third kappa shape index (κ3) is 2.31. The molecule has 0 aromatic heterocycles. The molecular weight excluding hydrogens is 276 g/mol. The topological polar surface area (TPSA) is 56.5 Å². The Labute approximate surface area is 124 Å². The van der Waals surface area contributed by atoms with Crippen molar-refractivity contribution in [3.05, 3.63) is 28.3 Å². The maximum Gasteiger partial charge on any atom is 0.125 e. The van der Waals surface area contributed by atoms with E-state index in [0.29, 0.717) is 0 Å². The molecule has 0 bridgehead atoms. The molecule has 1 saturated carbocycles. The standard InChI is InChI=1S/C15H21ClN2O2/c1-19-15(4-2-5-15)13(18-17)9-11-8-12(16)7-10-3-6-20-14(10)11/h7-8,13,18H,2-6,9,17H2,1H3. The van der Waals surface area contributed by atoms with E-state index in [1.54, 1.807) is 7.11 Å². The number of ether oxygens (including phenoxy) is 2.